The van der Waals surface area contributed by atoms with Gasteiger partial charge in [0, 0.05) is 43.0 Å². The predicted octanol–water partition coefficient (Wildman–Crippen LogP) is 2.74. The molecule has 3 heterocycles. The van der Waals surface area contributed by atoms with E-state index in [4.69, 9.17) is 10.2 Å². The Morgan fingerprint density at radius 3 is 3.11 bits per heavy atom. The van der Waals surface area contributed by atoms with Gasteiger partial charge in [-0.2, -0.15) is 5.26 Å². The van der Waals surface area contributed by atoms with Gasteiger partial charge in [0.2, 0.25) is 0 Å². The third-order valence-corrected chi connectivity index (χ3v) is 3.59. The average Bonchev–Trinajstić information content (AvgIpc) is 2.85. The third-order valence-electron chi connectivity index (χ3n) is 3.59. The molecule has 96 valence electrons. The zero-order valence-electron chi connectivity index (χ0n) is 10.8. The van der Waals surface area contributed by atoms with Gasteiger partial charge in [-0.3, -0.25) is 4.98 Å². The number of hydrogen-bond donors (Lipinski definition) is 0. The molecule has 1 aliphatic heterocycles. The minimum atomic E-state index is 0.538. The minimum Gasteiger partial charge on any atom is -0.328 e. The molecule has 1 aliphatic rings. The summed E-state index contributed by atoms with van der Waals surface area (Å²) in [5.74, 6) is 1.01. The Hall–Kier alpha value is -2.15. The van der Waals surface area contributed by atoms with Crippen LogP contribution in [-0.2, 0) is 19.4 Å². The molecule has 4 nitrogen and oxygen atoms in total. The highest BCUT2D eigenvalue weighted by molar-refractivity contribution is 5.55. The number of nitriles is 1. The van der Waals surface area contributed by atoms with E-state index >= 15 is 0 Å². The molecule has 19 heavy (non-hydrogen) atoms. The number of aromatic nitrogens is 3. The van der Waals surface area contributed by atoms with Gasteiger partial charge >= 0.3 is 0 Å². The highest BCUT2D eigenvalue weighted by Gasteiger charge is 2.20. The highest BCUT2D eigenvalue weighted by Crippen LogP contribution is 2.27. The van der Waals surface area contributed by atoms with Crippen molar-refractivity contribution in [2.45, 2.75) is 38.6 Å². The summed E-state index contributed by atoms with van der Waals surface area (Å²) in [6, 6.07) is 6.20. The summed E-state index contributed by atoms with van der Waals surface area (Å²) < 4.78 is 2.31. The van der Waals surface area contributed by atoms with Crippen LogP contribution < -0.4 is 0 Å². The molecule has 0 radical (unpaired) electrons. The van der Waals surface area contributed by atoms with Crippen LogP contribution in [0, 0.1) is 11.3 Å². The van der Waals surface area contributed by atoms with E-state index in [1.807, 2.05) is 18.3 Å². The molecule has 0 N–H and O–H groups in total. The monoisotopic (exact) mass is 252 g/mol. The van der Waals surface area contributed by atoms with Crippen molar-refractivity contribution in [2.24, 2.45) is 0 Å². The summed E-state index contributed by atoms with van der Waals surface area (Å²) in [6.07, 6.45) is 8.43. The maximum Gasteiger partial charge on any atom is 0.142 e. The average molecular weight is 252 g/mol. The van der Waals surface area contributed by atoms with Gasteiger partial charge in [0.25, 0.3) is 0 Å². The lowest BCUT2D eigenvalue weighted by Gasteiger charge is -2.17. The van der Waals surface area contributed by atoms with Crippen molar-refractivity contribution in [3.8, 4) is 17.5 Å². The van der Waals surface area contributed by atoms with Gasteiger partial charge in [0.15, 0.2) is 0 Å². The number of fused-ring (bicyclic) bond motifs is 1. The van der Waals surface area contributed by atoms with E-state index in [2.05, 4.69) is 15.6 Å². The molecule has 0 bridgehead atoms. The van der Waals surface area contributed by atoms with Gasteiger partial charge in [-0.15, -0.1) is 0 Å². The minimum absolute atomic E-state index is 0.538. The van der Waals surface area contributed by atoms with Crippen molar-refractivity contribution in [1.82, 2.24) is 14.5 Å². The highest BCUT2D eigenvalue weighted by atomic mass is 15.1. The fraction of sp³-hybridized carbons (Fsp3) is 0.400. The Bertz CT molecular complexity index is 607. The first-order chi connectivity index (χ1) is 9.40. The second-order valence-electron chi connectivity index (χ2n) is 4.84. The van der Waals surface area contributed by atoms with Gasteiger partial charge < -0.3 is 4.57 Å². The molecule has 2 aromatic heterocycles. The van der Waals surface area contributed by atoms with Gasteiger partial charge in [-0.25, -0.2) is 4.98 Å². The van der Waals surface area contributed by atoms with Crippen LogP contribution in [0.5, 0.6) is 0 Å². The van der Waals surface area contributed by atoms with Crippen molar-refractivity contribution in [2.75, 3.05) is 0 Å². The van der Waals surface area contributed by atoms with Gasteiger partial charge in [0.05, 0.1) is 11.8 Å². The first kappa shape index (κ1) is 11.9. The molecule has 2 aromatic rings. The second kappa shape index (κ2) is 5.23. The second-order valence-corrected chi connectivity index (χ2v) is 4.84. The molecule has 3 rings (SSSR count). The van der Waals surface area contributed by atoms with E-state index < -0.39 is 0 Å². The van der Waals surface area contributed by atoms with Crippen LogP contribution in [0.15, 0.2) is 24.5 Å². The van der Waals surface area contributed by atoms with Crippen LogP contribution in [0.4, 0.5) is 0 Å². The molecule has 0 amide bonds. The number of imidazole rings is 1. The van der Waals surface area contributed by atoms with Gasteiger partial charge in [-0.1, -0.05) is 0 Å². The van der Waals surface area contributed by atoms with E-state index in [0.717, 1.165) is 36.5 Å². The summed E-state index contributed by atoms with van der Waals surface area (Å²) in [6.45, 7) is 1.03. The summed E-state index contributed by atoms with van der Waals surface area (Å²) in [5, 5.41) is 8.76. The number of hydrogen-bond acceptors (Lipinski definition) is 3. The Morgan fingerprint density at radius 1 is 1.37 bits per heavy atom. The Kier molecular flexibility index (Phi) is 3.28. The zero-order chi connectivity index (χ0) is 13.1. The normalized spacial score (nSPS) is 13.8. The van der Waals surface area contributed by atoms with Crippen LogP contribution in [0.25, 0.3) is 11.4 Å². The lowest BCUT2D eigenvalue weighted by Crippen LogP contribution is -2.12. The molecule has 0 aliphatic carbocycles. The van der Waals surface area contributed by atoms with Crippen LogP contribution in [0.3, 0.4) is 0 Å². The largest absolute Gasteiger partial charge is 0.328 e. The number of nitrogens with zero attached hydrogens (tertiary/aromatic N) is 4. The quantitative estimate of drug-likeness (QED) is 0.844. The van der Waals surface area contributed by atoms with Gasteiger partial charge in [0.1, 0.15) is 5.82 Å². The Balaban J connectivity index is 2.05. The molecular weight excluding hydrogens is 236 g/mol. The SMILES string of the molecule is N#CCCc1nc(-c2cccnc2)n2c1CCCC2. The maximum atomic E-state index is 8.76. The third kappa shape index (κ3) is 2.24. The van der Waals surface area contributed by atoms with Crippen molar-refractivity contribution >= 4 is 0 Å². The summed E-state index contributed by atoms with van der Waals surface area (Å²) in [4.78, 5) is 8.95. The zero-order valence-corrected chi connectivity index (χ0v) is 10.8. The fourth-order valence-electron chi connectivity index (χ4n) is 2.71. The Morgan fingerprint density at radius 2 is 2.32 bits per heavy atom. The molecular formula is C15H16N4. The van der Waals surface area contributed by atoms with Crippen molar-refractivity contribution < 1.29 is 0 Å². The van der Waals surface area contributed by atoms with Crippen LogP contribution >= 0.6 is 0 Å². The number of aryl methyl sites for hydroxylation is 1. The van der Waals surface area contributed by atoms with Crippen LogP contribution in [0.2, 0.25) is 0 Å². The number of rotatable bonds is 3. The molecule has 0 fully saturated rings. The lowest BCUT2D eigenvalue weighted by atomic mass is 10.1. The van der Waals surface area contributed by atoms with Crippen LogP contribution in [-0.4, -0.2) is 14.5 Å². The van der Waals surface area contributed by atoms with E-state index in [9.17, 15) is 0 Å². The summed E-state index contributed by atoms with van der Waals surface area (Å²) >= 11 is 0. The van der Waals surface area contributed by atoms with Crippen molar-refractivity contribution in [3.63, 3.8) is 0 Å². The standard InChI is InChI=1S/C15H16N4/c16-8-3-6-13-14-7-1-2-10-19(14)15(18-13)12-5-4-9-17-11-12/h4-5,9,11H,1-3,6-7,10H2. The fourth-order valence-corrected chi connectivity index (χ4v) is 2.71. The number of pyridine rings is 1. The van der Waals surface area contributed by atoms with Crippen molar-refractivity contribution in [1.29, 1.82) is 5.26 Å². The maximum absolute atomic E-state index is 8.76. The molecule has 0 saturated heterocycles. The lowest BCUT2D eigenvalue weighted by molar-refractivity contribution is 0.533. The molecule has 0 atom stereocenters. The van der Waals surface area contributed by atoms with E-state index in [-0.39, 0.29) is 0 Å². The van der Waals surface area contributed by atoms with Crippen molar-refractivity contribution in [3.05, 3.63) is 35.9 Å². The molecule has 0 unspecified atom stereocenters. The first-order valence-electron chi connectivity index (χ1n) is 6.76. The Labute approximate surface area is 112 Å². The molecule has 0 spiro atoms. The van der Waals surface area contributed by atoms with E-state index in [0.29, 0.717) is 6.42 Å². The summed E-state index contributed by atoms with van der Waals surface area (Å²) in [5.41, 5.74) is 3.48. The van der Waals surface area contributed by atoms with E-state index in [1.54, 1.807) is 6.20 Å². The smallest absolute Gasteiger partial charge is 0.142 e. The van der Waals surface area contributed by atoms with E-state index in [1.165, 1.54) is 18.5 Å². The van der Waals surface area contributed by atoms with Crippen LogP contribution in [0.1, 0.15) is 30.7 Å². The summed E-state index contributed by atoms with van der Waals surface area (Å²) in [7, 11) is 0. The first-order valence-corrected chi connectivity index (χ1v) is 6.76. The predicted molar refractivity (Wildman–Crippen MR) is 72.3 cm³/mol. The van der Waals surface area contributed by atoms with Gasteiger partial charge in [-0.05, 0) is 31.4 Å². The molecule has 0 aromatic carbocycles. The molecule has 4 heteroatoms. The molecule has 0 saturated carbocycles. The topological polar surface area (TPSA) is 54.5 Å².